The number of aliphatic carboxylic acids is 3. The quantitative estimate of drug-likeness (QED) is 0.0826. The van der Waals surface area contributed by atoms with Crippen molar-refractivity contribution >= 4 is 17.9 Å². The van der Waals surface area contributed by atoms with E-state index in [1.165, 1.54) is 38.5 Å². The summed E-state index contributed by atoms with van der Waals surface area (Å²) in [7, 11) is 0. The molecule has 0 aliphatic heterocycles. The van der Waals surface area contributed by atoms with E-state index in [9.17, 15) is 29.7 Å². The highest BCUT2D eigenvalue weighted by atomic mass is 16.4. The number of allylic oxidation sites excluding steroid dienone is 1. The Morgan fingerprint density at radius 3 is 1.31 bits per heavy atom. The minimum absolute atomic E-state index is 0.193. The zero-order chi connectivity index (χ0) is 26.7. The summed E-state index contributed by atoms with van der Waals surface area (Å²) in [5.74, 6) is -3.32. The fourth-order valence-electron chi connectivity index (χ4n) is 5.40. The summed E-state index contributed by atoms with van der Waals surface area (Å²) in [6, 6.07) is -3.22. The lowest BCUT2D eigenvalue weighted by Gasteiger charge is -2.50. The fourth-order valence-corrected chi connectivity index (χ4v) is 5.40. The largest absolute Gasteiger partial charge is 0.477 e. The highest BCUT2D eigenvalue weighted by Crippen LogP contribution is 2.34. The first-order chi connectivity index (χ1) is 16.7. The van der Waals surface area contributed by atoms with Gasteiger partial charge in [-0.05, 0) is 32.1 Å². The molecular formula is C28H52NO6+. The standard InChI is InChI=1S/C28H51NO6/c1-5-9-10-11-12-13-14-15-16-17-18-22-29(23(19-6-2)26(30)31,24(20-7-3)27(32)33)25(21-8-4)28(34)35/h16-17,23-25H,5-15,18-22H2,1-4H3,(H2-,30,31,32,33,34,35)/p+1/b17-16+. The minimum atomic E-state index is -1.11. The molecule has 7 nitrogen and oxygen atoms in total. The molecule has 0 heterocycles. The molecule has 0 aromatic rings. The van der Waals surface area contributed by atoms with E-state index in [-0.39, 0.29) is 25.8 Å². The van der Waals surface area contributed by atoms with E-state index < -0.39 is 40.5 Å². The zero-order valence-corrected chi connectivity index (χ0v) is 22.7. The van der Waals surface area contributed by atoms with Gasteiger partial charge < -0.3 is 15.3 Å². The van der Waals surface area contributed by atoms with E-state index in [0.717, 1.165) is 12.8 Å². The van der Waals surface area contributed by atoms with Crippen molar-refractivity contribution in [2.45, 2.75) is 142 Å². The molecule has 0 rings (SSSR count). The second kappa shape index (κ2) is 19.3. The normalized spacial score (nSPS) is 16.0. The topological polar surface area (TPSA) is 112 Å². The van der Waals surface area contributed by atoms with Crippen LogP contribution in [0.1, 0.15) is 124 Å². The van der Waals surface area contributed by atoms with Gasteiger partial charge in [0.2, 0.25) is 0 Å². The maximum absolute atomic E-state index is 12.5. The van der Waals surface area contributed by atoms with Gasteiger partial charge in [0.15, 0.2) is 18.1 Å². The molecular weight excluding hydrogens is 446 g/mol. The summed E-state index contributed by atoms with van der Waals surface area (Å²) in [5, 5.41) is 30.6. The molecule has 3 N–H and O–H groups in total. The fraction of sp³-hybridized carbons (Fsp3) is 0.821. The van der Waals surface area contributed by atoms with Crippen molar-refractivity contribution in [1.82, 2.24) is 0 Å². The van der Waals surface area contributed by atoms with E-state index in [1.54, 1.807) is 0 Å². The van der Waals surface area contributed by atoms with E-state index >= 15 is 0 Å². The van der Waals surface area contributed by atoms with E-state index in [1.807, 2.05) is 26.8 Å². The van der Waals surface area contributed by atoms with Crippen molar-refractivity contribution < 1.29 is 34.2 Å². The van der Waals surface area contributed by atoms with Gasteiger partial charge in [0, 0.05) is 25.7 Å². The molecule has 0 saturated carbocycles. The summed E-state index contributed by atoms with van der Waals surface area (Å²) >= 11 is 0. The van der Waals surface area contributed by atoms with Crippen molar-refractivity contribution in [3.63, 3.8) is 0 Å². The molecule has 0 aliphatic carbocycles. The van der Waals surface area contributed by atoms with Crippen LogP contribution in [0.15, 0.2) is 12.2 Å². The number of carboxylic acids is 3. The van der Waals surface area contributed by atoms with Gasteiger partial charge in [-0.3, -0.25) is 4.48 Å². The third-order valence-electron chi connectivity index (χ3n) is 7.11. The molecule has 0 radical (unpaired) electrons. The van der Waals surface area contributed by atoms with Gasteiger partial charge in [-0.15, -0.1) is 0 Å². The monoisotopic (exact) mass is 498 g/mol. The third kappa shape index (κ3) is 11.1. The highest BCUT2D eigenvalue weighted by molar-refractivity contribution is 5.78. The van der Waals surface area contributed by atoms with E-state index in [4.69, 9.17) is 0 Å². The second-order valence-corrected chi connectivity index (χ2v) is 9.82. The molecule has 0 saturated heterocycles. The molecule has 0 bridgehead atoms. The molecule has 0 aliphatic rings. The summed E-state index contributed by atoms with van der Waals surface area (Å²) in [6.45, 7) is 7.98. The van der Waals surface area contributed by atoms with Gasteiger partial charge >= 0.3 is 17.9 Å². The Kier molecular flexibility index (Phi) is 18.3. The van der Waals surface area contributed by atoms with Crippen molar-refractivity contribution in [2.75, 3.05) is 6.54 Å². The molecule has 0 spiro atoms. The molecule has 7 heteroatoms. The van der Waals surface area contributed by atoms with Crippen LogP contribution in [0.3, 0.4) is 0 Å². The summed E-state index contributed by atoms with van der Waals surface area (Å²) in [5.41, 5.74) is 0. The summed E-state index contributed by atoms with van der Waals surface area (Å²) in [4.78, 5) is 37.4. The Bertz CT molecular complexity index is 573. The lowest BCUT2D eigenvalue weighted by atomic mass is 9.91. The van der Waals surface area contributed by atoms with Crippen LogP contribution in [0, 0.1) is 0 Å². The second-order valence-electron chi connectivity index (χ2n) is 9.82. The Morgan fingerprint density at radius 1 is 0.571 bits per heavy atom. The number of carbonyl (C=O) groups is 3. The van der Waals surface area contributed by atoms with Gasteiger partial charge in [-0.1, -0.05) is 78.4 Å². The predicted molar refractivity (Wildman–Crippen MR) is 140 cm³/mol. The van der Waals surface area contributed by atoms with E-state index in [2.05, 4.69) is 13.0 Å². The van der Waals surface area contributed by atoms with Gasteiger partial charge in [0.25, 0.3) is 0 Å². The van der Waals surface area contributed by atoms with Crippen LogP contribution in [0.5, 0.6) is 0 Å². The molecule has 35 heavy (non-hydrogen) atoms. The number of nitrogens with zero attached hydrogens (tertiary/aromatic N) is 1. The van der Waals surface area contributed by atoms with Gasteiger partial charge in [0.1, 0.15) is 0 Å². The number of hydrogen-bond donors (Lipinski definition) is 3. The smallest absolute Gasteiger partial charge is 0.362 e. The van der Waals surface area contributed by atoms with E-state index in [0.29, 0.717) is 25.7 Å². The van der Waals surface area contributed by atoms with Crippen LogP contribution >= 0.6 is 0 Å². The Hall–Kier alpha value is -1.89. The first-order valence-corrected chi connectivity index (χ1v) is 13.9. The van der Waals surface area contributed by atoms with Gasteiger partial charge in [-0.25, -0.2) is 14.4 Å². The Balaban J connectivity index is 5.84. The molecule has 204 valence electrons. The lowest BCUT2D eigenvalue weighted by molar-refractivity contribution is -0.973. The average Bonchev–Trinajstić information content (AvgIpc) is 2.81. The number of quaternary nitrogens is 1. The summed E-state index contributed by atoms with van der Waals surface area (Å²) < 4.78 is -0.419. The molecule has 0 fully saturated rings. The van der Waals surface area contributed by atoms with Crippen molar-refractivity contribution in [1.29, 1.82) is 0 Å². The number of rotatable bonds is 23. The first kappa shape index (κ1) is 33.1. The van der Waals surface area contributed by atoms with Crippen molar-refractivity contribution in [3.8, 4) is 0 Å². The number of hydrogen-bond acceptors (Lipinski definition) is 3. The minimum Gasteiger partial charge on any atom is -0.477 e. The van der Waals surface area contributed by atoms with Crippen molar-refractivity contribution in [2.24, 2.45) is 0 Å². The molecule has 0 amide bonds. The summed E-state index contributed by atoms with van der Waals surface area (Å²) in [6.07, 6.45) is 16.5. The zero-order valence-electron chi connectivity index (χ0n) is 22.7. The van der Waals surface area contributed by atoms with Crippen LogP contribution in [-0.2, 0) is 14.4 Å². The van der Waals surface area contributed by atoms with Crippen molar-refractivity contribution in [3.05, 3.63) is 12.2 Å². The Labute approximate surface area is 213 Å². The van der Waals surface area contributed by atoms with Crippen LogP contribution in [-0.4, -0.2) is 62.4 Å². The van der Waals surface area contributed by atoms with Crippen LogP contribution < -0.4 is 0 Å². The number of unbranched alkanes of at least 4 members (excludes halogenated alkanes) is 7. The lowest BCUT2D eigenvalue weighted by Crippen LogP contribution is -2.72. The molecule has 3 unspecified atom stereocenters. The molecule has 0 aromatic heterocycles. The highest BCUT2D eigenvalue weighted by Gasteiger charge is 2.56. The SMILES string of the molecule is CCCCCCCCC/C=C/CC[N+](C(CCC)C(=O)O)(C(CCC)C(=O)O)C(CCC)C(=O)O. The van der Waals surface area contributed by atoms with Gasteiger partial charge in [-0.2, -0.15) is 0 Å². The molecule has 0 aromatic carbocycles. The van der Waals surface area contributed by atoms with Gasteiger partial charge in [0.05, 0.1) is 6.54 Å². The first-order valence-electron chi connectivity index (χ1n) is 13.9. The predicted octanol–water partition coefficient (Wildman–Crippen LogP) is 6.65. The van der Waals surface area contributed by atoms with Crippen LogP contribution in [0.2, 0.25) is 0 Å². The molecule has 3 atom stereocenters. The maximum Gasteiger partial charge on any atom is 0.362 e. The van der Waals surface area contributed by atoms with Crippen LogP contribution in [0.25, 0.3) is 0 Å². The Morgan fingerprint density at radius 2 is 0.943 bits per heavy atom. The number of carboxylic acid groups (broad SMARTS) is 3. The third-order valence-corrected chi connectivity index (χ3v) is 7.11. The maximum atomic E-state index is 12.5. The van der Waals surface area contributed by atoms with Crippen LogP contribution in [0.4, 0.5) is 0 Å². The average molecular weight is 499 g/mol.